The highest BCUT2D eigenvalue weighted by atomic mass is 35.7. The first-order valence-electron chi connectivity index (χ1n) is 6.35. The van der Waals surface area contributed by atoms with Crippen molar-refractivity contribution in [1.29, 1.82) is 0 Å². The molecule has 1 amide bonds. The third-order valence-corrected chi connectivity index (χ3v) is 4.59. The van der Waals surface area contributed by atoms with Crippen LogP contribution in [0.5, 0.6) is 0 Å². The van der Waals surface area contributed by atoms with Gasteiger partial charge in [-0.25, -0.2) is 13.2 Å². The number of H-pyrrole nitrogens is 1. The number of amides is 1. The minimum atomic E-state index is -4.29. The van der Waals surface area contributed by atoms with Crippen LogP contribution in [0, 0.1) is 0 Å². The molecule has 8 nitrogen and oxygen atoms in total. The normalized spacial score (nSPS) is 16.0. The smallest absolute Gasteiger partial charge is 0.328 e. The molecule has 0 spiro atoms. The van der Waals surface area contributed by atoms with Gasteiger partial charge < -0.3 is 5.32 Å². The van der Waals surface area contributed by atoms with Gasteiger partial charge in [0.05, 0.1) is 0 Å². The quantitative estimate of drug-likeness (QED) is 0.721. The van der Waals surface area contributed by atoms with Gasteiger partial charge >= 0.3 is 5.69 Å². The number of nitrogens with one attached hydrogen (secondary N) is 2. The van der Waals surface area contributed by atoms with Gasteiger partial charge in [0.1, 0.15) is 6.54 Å². The van der Waals surface area contributed by atoms with Crippen LogP contribution in [-0.4, -0.2) is 29.9 Å². The molecule has 10 heteroatoms. The molecule has 1 aliphatic rings. The van der Waals surface area contributed by atoms with Crippen molar-refractivity contribution >= 4 is 25.6 Å². The molecule has 0 aliphatic heterocycles. The Balaban J connectivity index is 2.21. The van der Waals surface area contributed by atoms with E-state index < -0.39 is 31.1 Å². The Hall–Kier alpha value is -1.61. The van der Waals surface area contributed by atoms with E-state index in [-0.39, 0.29) is 12.6 Å². The van der Waals surface area contributed by atoms with Crippen LogP contribution < -0.4 is 16.6 Å². The molecule has 0 radical (unpaired) electrons. The first kappa shape index (κ1) is 15.8. The highest BCUT2D eigenvalue weighted by molar-refractivity contribution is 8.13. The first-order chi connectivity index (χ1) is 9.77. The number of carbonyl (C=O) groups excluding carboxylic acids is 1. The topological polar surface area (TPSA) is 118 Å². The van der Waals surface area contributed by atoms with Crippen LogP contribution in [0.2, 0.25) is 0 Å². The van der Waals surface area contributed by atoms with Gasteiger partial charge in [0.25, 0.3) is 14.6 Å². The highest BCUT2D eigenvalue weighted by Gasteiger charge is 2.20. The Morgan fingerprint density at radius 1 is 1.38 bits per heavy atom. The monoisotopic (exact) mass is 335 g/mol. The van der Waals surface area contributed by atoms with Crippen molar-refractivity contribution in [3.63, 3.8) is 0 Å². The van der Waals surface area contributed by atoms with Gasteiger partial charge in [0.15, 0.2) is 4.90 Å². The van der Waals surface area contributed by atoms with E-state index in [9.17, 15) is 22.8 Å². The van der Waals surface area contributed by atoms with Crippen molar-refractivity contribution < 1.29 is 13.2 Å². The van der Waals surface area contributed by atoms with Crippen molar-refractivity contribution in [2.24, 2.45) is 0 Å². The van der Waals surface area contributed by atoms with Crippen molar-refractivity contribution in [1.82, 2.24) is 14.9 Å². The van der Waals surface area contributed by atoms with Crippen molar-refractivity contribution in [2.75, 3.05) is 0 Å². The lowest BCUT2D eigenvalue weighted by molar-refractivity contribution is -0.122. The van der Waals surface area contributed by atoms with E-state index in [1.54, 1.807) is 0 Å². The summed E-state index contributed by atoms with van der Waals surface area (Å²) in [7, 11) is 0.805. The fourth-order valence-electron chi connectivity index (χ4n) is 2.28. The number of aromatic amines is 1. The van der Waals surface area contributed by atoms with Gasteiger partial charge in [-0.2, -0.15) is 0 Å². The van der Waals surface area contributed by atoms with Crippen LogP contribution in [0.4, 0.5) is 0 Å². The van der Waals surface area contributed by atoms with Crippen LogP contribution in [0.15, 0.2) is 20.7 Å². The lowest BCUT2D eigenvalue weighted by Crippen LogP contribution is -2.40. The predicted molar refractivity (Wildman–Crippen MR) is 74.8 cm³/mol. The summed E-state index contributed by atoms with van der Waals surface area (Å²) >= 11 is 0. The second-order valence-electron chi connectivity index (χ2n) is 4.87. The van der Waals surface area contributed by atoms with Crippen molar-refractivity contribution in [3.8, 4) is 0 Å². The number of rotatable bonds is 4. The molecule has 0 bridgehead atoms. The van der Waals surface area contributed by atoms with Crippen molar-refractivity contribution in [2.45, 2.75) is 43.2 Å². The molecule has 2 rings (SSSR count). The average Bonchev–Trinajstić information content (AvgIpc) is 2.83. The second kappa shape index (κ2) is 6.02. The zero-order valence-electron chi connectivity index (χ0n) is 11.0. The van der Waals surface area contributed by atoms with E-state index in [2.05, 4.69) is 5.32 Å². The van der Waals surface area contributed by atoms with Crippen LogP contribution in [0.3, 0.4) is 0 Å². The molecule has 1 fully saturated rings. The van der Waals surface area contributed by atoms with E-state index in [1.165, 1.54) is 0 Å². The van der Waals surface area contributed by atoms with Gasteiger partial charge in [-0.1, -0.05) is 12.8 Å². The molecule has 116 valence electrons. The molecule has 1 aromatic rings. The summed E-state index contributed by atoms with van der Waals surface area (Å²) in [5, 5.41) is 2.75. The lowest BCUT2D eigenvalue weighted by Gasteiger charge is -2.12. The minimum absolute atomic E-state index is 0.0761. The molecule has 0 unspecified atom stereocenters. The molecular weight excluding hydrogens is 322 g/mol. The van der Waals surface area contributed by atoms with Crippen LogP contribution in [0.1, 0.15) is 25.7 Å². The maximum absolute atomic E-state index is 11.8. The molecule has 21 heavy (non-hydrogen) atoms. The van der Waals surface area contributed by atoms with Gasteiger partial charge in [-0.15, -0.1) is 0 Å². The second-order valence-corrected chi connectivity index (χ2v) is 7.40. The fourth-order valence-corrected chi connectivity index (χ4v) is 3.13. The Bertz CT molecular complexity index is 761. The van der Waals surface area contributed by atoms with Gasteiger partial charge in [0.2, 0.25) is 5.91 Å². The van der Waals surface area contributed by atoms with Crippen LogP contribution in [0.25, 0.3) is 0 Å². The van der Waals surface area contributed by atoms with E-state index in [1.807, 2.05) is 4.98 Å². The Labute approximate surface area is 124 Å². The van der Waals surface area contributed by atoms with Crippen LogP contribution >= 0.6 is 10.7 Å². The summed E-state index contributed by atoms with van der Waals surface area (Å²) in [4.78, 5) is 35.8. The number of hydrogen-bond acceptors (Lipinski definition) is 5. The number of carbonyl (C=O) groups is 1. The van der Waals surface area contributed by atoms with Gasteiger partial charge in [-0.05, 0) is 12.8 Å². The zero-order valence-corrected chi connectivity index (χ0v) is 12.5. The average molecular weight is 336 g/mol. The third kappa shape index (κ3) is 3.94. The summed E-state index contributed by atoms with van der Waals surface area (Å²) in [5.41, 5.74) is -1.98. The Morgan fingerprint density at radius 2 is 2.00 bits per heavy atom. The molecule has 1 saturated carbocycles. The van der Waals surface area contributed by atoms with E-state index in [0.717, 1.165) is 36.4 Å². The predicted octanol–water partition coefficient (Wildman–Crippen LogP) is -0.477. The summed E-state index contributed by atoms with van der Waals surface area (Å²) in [6.45, 7) is -0.383. The SMILES string of the molecule is O=C(Cn1cc(S(=O)(=O)Cl)c(=O)[nH]c1=O)NC1CCCC1. The van der Waals surface area contributed by atoms with Gasteiger partial charge in [0, 0.05) is 22.9 Å². The summed E-state index contributed by atoms with van der Waals surface area (Å²) < 4.78 is 23.2. The largest absolute Gasteiger partial charge is 0.352 e. The first-order valence-corrected chi connectivity index (χ1v) is 8.66. The van der Waals surface area contributed by atoms with Gasteiger partial charge in [-0.3, -0.25) is 19.1 Å². The molecule has 0 aromatic carbocycles. The molecule has 2 N–H and O–H groups in total. The molecule has 0 saturated heterocycles. The van der Waals surface area contributed by atoms with Crippen LogP contribution in [-0.2, 0) is 20.4 Å². The van der Waals surface area contributed by atoms with E-state index in [4.69, 9.17) is 10.7 Å². The molecule has 1 heterocycles. The number of halogens is 1. The molecule has 1 aromatic heterocycles. The van der Waals surface area contributed by atoms with E-state index in [0.29, 0.717) is 0 Å². The molecule has 1 aliphatic carbocycles. The number of hydrogen-bond donors (Lipinski definition) is 2. The standard InChI is InChI=1S/C11H14ClN3O5S/c12-21(19,20)8-5-15(11(18)14-10(8)17)6-9(16)13-7-3-1-2-4-7/h5,7H,1-4,6H2,(H,13,16)(H,14,17,18). The van der Waals surface area contributed by atoms with E-state index >= 15 is 0 Å². The number of nitrogens with zero attached hydrogens (tertiary/aromatic N) is 1. The highest BCUT2D eigenvalue weighted by Crippen LogP contribution is 2.17. The summed E-state index contributed by atoms with van der Waals surface area (Å²) in [5.74, 6) is -0.422. The van der Waals surface area contributed by atoms with Crippen molar-refractivity contribution in [3.05, 3.63) is 27.0 Å². The molecule has 0 atom stereocenters. The fraction of sp³-hybridized carbons (Fsp3) is 0.545. The zero-order chi connectivity index (χ0) is 15.6. The number of aromatic nitrogens is 2. The minimum Gasteiger partial charge on any atom is -0.352 e. The Morgan fingerprint density at radius 3 is 2.57 bits per heavy atom. The summed E-state index contributed by atoms with van der Waals surface area (Å²) in [6, 6.07) is 0.0761. The lowest BCUT2D eigenvalue weighted by atomic mass is 10.2. The maximum atomic E-state index is 11.8. The Kier molecular flexibility index (Phi) is 4.52. The molecular formula is C11H14ClN3O5S. The maximum Gasteiger partial charge on any atom is 0.328 e. The summed E-state index contributed by atoms with van der Waals surface area (Å²) in [6.07, 6.45) is 4.62. The third-order valence-electron chi connectivity index (χ3n) is 3.28.